The van der Waals surface area contributed by atoms with Gasteiger partial charge in [0, 0.05) is 21.1 Å². The Morgan fingerprint density at radius 3 is 2.65 bits per heavy atom. The standard InChI is InChI=1S/C14H10BrCl2NO2/c15-10-5-6-12(16)11(8-10)13(17)7-9-3-1-2-4-14(9)18(19)20/h1-6,8,13H,7H2. The Bertz CT molecular complexity index is 649. The third-order valence-corrected chi connectivity index (χ3v) is 4.11. The molecule has 1 atom stereocenters. The molecule has 0 aromatic heterocycles. The summed E-state index contributed by atoms with van der Waals surface area (Å²) in [6.07, 6.45) is 0.342. The summed E-state index contributed by atoms with van der Waals surface area (Å²) in [5.74, 6) is 0. The van der Waals surface area contributed by atoms with Gasteiger partial charge in [0.1, 0.15) is 0 Å². The van der Waals surface area contributed by atoms with E-state index in [2.05, 4.69) is 15.9 Å². The minimum atomic E-state index is -0.430. The van der Waals surface area contributed by atoms with Gasteiger partial charge in [-0.05, 0) is 30.2 Å². The number of nitrogens with zero attached hydrogens (tertiary/aromatic N) is 1. The third-order valence-electron chi connectivity index (χ3n) is 2.88. The monoisotopic (exact) mass is 373 g/mol. The Labute approximate surface area is 134 Å². The summed E-state index contributed by atoms with van der Waals surface area (Å²) in [5.41, 5.74) is 1.42. The van der Waals surface area contributed by atoms with Crippen molar-refractivity contribution in [2.45, 2.75) is 11.8 Å². The Morgan fingerprint density at radius 1 is 1.25 bits per heavy atom. The van der Waals surface area contributed by atoms with Crippen LogP contribution in [0.2, 0.25) is 5.02 Å². The molecular formula is C14H10BrCl2NO2. The zero-order valence-electron chi connectivity index (χ0n) is 10.2. The van der Waals surface area contributed by atoms with Gasteiger partial charge in [0.15, 0.2) is 0 Å². The summed E-state index contributed by atoms with van der Waals surface area (Å²) in [5, 5.41) is 11.1. The molecule has 3 nitrogen and oxygen atoms in total. The molecule has 2 aromatic carbocycles. The molecule has 20 heavy (non-hydrogen) atoms. The molecule has 2 rings (SSSR count). The molecule has 0 aliphatic carbocycles. The maximum atomic E-state index is 11.0. The van der Waals surface area contributed by atoms with Crippen molar-refractivity contribution in [2.75, 3.05) is 0 Å². The van der Waals surface area contributed by atoms with E-state index in [1.807, 2.05) is 12.1 Å². The lowest BCUT2D eigenvalue weighted by atomic mass is 10.0. The summed E-state index contributed by atoms with van der Waals surface area (Å²) in [6.45, 7) is 0. The molecule has 0 spiro atoms. The number of hydrogen-bond acceptors (Lipinski definition) is 2. The Balaban J connectivity index is 2.30. The maximum absolute atomic E-state index is 11.0. The SMILES string of the molecule is O=[N+]([O-])c1ccccc1CC(Cl)c1cc(Br)ccc1Cl. The molecule has 1 unspecified atom stereocenters. The van der Waals surface area contributed by atoms with E-state index in [1.54, 1.807) is 24.3 Å². The van der Waals surface area contributed by atoms with E-state index in [4.69, 9.17) is 23.2 Å². The highest BCUT2D eigenvalue weighted by Crippen LogP contribution is 2.34. The van der Waals surface area contributed by atoms with E-state index in [0.29, 0.717) is 17.0 Å². The van der Waals surface area contributed by atoms with Crippen LogP contribution in [-0.2, 0) is 6.42 Å². The van der Waals surface area contributed by atoms with Gasteiger partial charge in [-0.3, -0.25) is 10.1 Å². The minimum absolute atomic E-state index is 0.0734. The lowest BCUT2D eigenvalue weighted by molar-refractivity contribution is -0.385. The van der Waals surface area contributed by atoms with Crippen molar-refractivity contribution in [3.05, 3.63) is 73.2 Å². The largest absolute Gasteiger partial charge is 0.272 e. The van der Waals surface area contributed by atoms with Gasteiger partial charge in [0.25, 0.3) is 5.69 Å². The van der Waals surface area contributed by atoms with Crippen LogP contribution in [0.5, 0.6) is 0 Å². The van der Waals surface area contributed by atoms with Gasteiger partial charge in [-0.15, -0.1) is 11.6 Å². The number of nitro benzene ring substituents is 1. The van der Waals surface area contributed by atoms with Crippen molar-refractivity contribution < 1.29 is 4.92 Å². The predicted molar refractivity (Wildman–Crippen MR) is 84.5 cm³/mol. The number of para-hydroxylation sites is 1. The van der Waals surface area contributed by atoms with Gasteiger partial charge >= 0.3 is 0 Å². The van der Waals surface area contributed by atoms with Crippen LogP contribution in [0.3, 0.4) is 0 Å². The first kappa shape index (κ1) is 15.3. The molecule has 6 heteroatoms. The number of halogens is 3. The highest BCUT2D eigenvalue weighted by atomic mass is 79.9. The second kappa shape index (κ2) is 6.57. The van der Waals surface area contributed by atoms with Gasteiger partial charge in [0.2, 0.25) is 0 Å². The molecule has 0 fully saturated rings. The summed E-state index contributed by atoms with van der Waals surface area (Å²) in [7, 11) is 0. The van der Waals surface area contributed by atoms with Crippen LogP contribution in [-0.4, -0.2) is 4.92 Å². The average Bonchev–Trinajstić information content (AvgIpc) is 2.41. The second-order valence-electron chi connectivity index (χ2n) is 4.22. The topological polar surface area (TPSA) is 43.1 Å². The fraction of sp³-hybridized carbons (Fsp3) is 0.143. The normalized spacial score (nSPS) is 12.2. The first-order chi connectivity index (χ1) is 9.49. The molecule has 0 N–H and O–H groups in total. The fourth-order valence-electron chi connectivity index (χ4n) is 1.92. The lowest BCUT2D eigenvalue weighted by Crippen LogP contribution is -2.01. The first-order valence-electron chi connectivity index (χ1n) is 5.80. The van der Waals surface area contributed by atoms with Crippen LogP contribution in [0.1, 0.15) is 16.5 Å². The predicted octanol–water partition coefficient (Wildman–Crippen LogP) is 5.53. The Hall–Kier alpha value is -1.10. The van der Waals surface area contributed by atoms with E-state index in [-0.39, 0.29) is 5.69 Å². The van der Waals surface area contributed by atoms with Gasteiger partial charge in [-0.25, -0.2) is 0 Å². The average molecular weight is 375 g/mol. The highest BCUT2D eigenvalue weighted by Gasteiger charge is 2.19. The Kier molecular flexibility index (Phi) is 5.02. The zero-order valence-corrected chi connectivity index (χ0v) is 13.3. The van der Waals surface area contributed by atoms with Crippen LogP contribution in [0, 0.1) is 10.1 Å². The van der Waals surface area contributed by atoms with Crippen LogP contribution < -0.4 is 0 Å². The molecule has 0 amide bonds. The molecule has 0 radical (unpaired) electrons. The van der Waals surface area contributed by atoms with Crippen LogP contribution >= 0.6 is 39.1 Å². The van der Waals surface area contributed by atoms with Crippen molar-refractivity contribution in [2.24, 2.45) is 0 Å². The molecule has 0 saturated carbocycles. The van der Waals surface area contributed by atoms with E-state index in [0.717, 1.165) is 10.0 Å². The number of nitro groups is 1. The summed E-state index contributed by atoms with van der Waals surface area (Å²) in [4.78, 5) is 10.6. The number of benzene rings is 2. The summed E-state index contributed by atoms with van der Waals surface area (Å²) < 4.78 is 0.866. The van der Waals surface area contributed by atoms with E-state index >= 15 is 0 Å². The van der Waals surface area contributed by atoms with Gasteiger partial charge in [0.05, 0.1) is 10.3 Å². The van der Waals surface area contributed by atoms with Crippen LogP contribution in [0.25, 0.3) is 0 Å². The zero-order chi connectivity index (χ0) is 14.7. The van der Waals surface area contributed by atoms with E-state index < -0.39 is 10.3 Å². The van der Waals surface area contributed by atoms with Crippen molar-refractivity contribution in [3.8, 4) is 0 Å². The van der Waals surface area contributed by atoms with Crippen LogP contribution in [0.4, 0.5) is 5.69 Å². The van der Waals surface area contributed by atoms with E-state index in [9.17, 15) is 10.1 Å². The van der Waals surface area contributed by atoms with Crippen molar-refractivity contribution >= 4 is 44.8 Å². The molecule has 0 bridgehead atoms. The highest BCUT2D eigenvalue weighted by molar-refractivity contribution is 9.10. The number of rotatable bonds is 4. The van der Waals surface area contributed by atoms with Gasteiger partial charge < -0.3 is 0 Å². The quantitative estimate of drug-likeness (QED) is 0.401. The molecule has 2 aromatic rings. The molecule has 0 aliphatic rings. The molecule has 104 valence electrons. The molecule has 0 saturated heterocycles. The molecular weight excluding hydrogens is 365 g/mol. The number of alkyl halides is 1. The van der Waals surface area contributed by atoms with Gasteiger partial charge in [-0.1, -0.05) is 45.7 Å². The molecule has 0 aliphatic heterocycles. The lowest BCUT2D eigenvalue weighted by Gasteiger charge is -2.12. The van der Waals surface area contributed by atoms with E-state index in [1.165, 1.54) is 6.07 Å². The Morgan fingerprint density at radius 2 is 1.95 bits per heavy atom. The van der Waals surface area contributed by atoms with Crippen molar-refractivity contribution in [3.63, 3.8) is 0 Å². The first-order valence-corrected chi connectivity index (χ1v) is 7.41. The van der Waals surface area contributed by atoms with Crippen molar-refractivity contribution in [1.82, 2.24) is 0 Å². The number of hydrogen-bond donors (Lipinski definition) is 0. The third kappa shape index (κ3) is 3.51. The molecule has 0 heterocycles. The van der Waals surface area contributed by atoms with Crippen molar-refractivity contribution in [1.29, 1.82) is 0 Å². The summed E-state index contributed by atoms with van der Waals surface area (Å²) >= 11 is 15.8. The van der Waals surface area contributed by atoms with Gasteiger partial charge in [-0.2, -0.15) is 0 Å². The minimum Gasteiger partial charge on any atom is -0.258 e. The second-order valence-corrected chi connectivity index (χ2v) is 6.07. The fourth-order valence-corrected chi connectivity index (χ4v) is 2.95. The maximum Gasteiger partial charge on any atom is 0.272 e. The summed E-state index contributed by atoms with van der Waals surface area (Å²) in [6, 6.07) is 12.0. The smallest absolute Gasteiger partial charge is 0.258 e. The van der Waals surface area contributed by atoms with Crippen LogP contribution in [0.15, 0.2) is 46.9 Å².